The minimum absolute atomic E-state index is 0.215. The molecule has 1 aliphatic rings. The number of hydrogen-bond acceptors (Lipinski definition) is 11. The van der Waals surface area contributed by atoms with Crippen molar-refractivity contribution in [3.05, 3.63) is 0 Å². The summed E-state index contributed by atoms with van der Waals surface area (Å²) in [5.74, 6) is -0.552. The van der Waals surface area contributed by atoms with Gasteiger partial charge in [-0.2, -0.15) is 0 Å². The molecule has 418 valence electrons. The molecule has 8 atom stereocenters. The number of carbonyl (C=O) groups is 1. The van der Waals surface area contributed by atoms with E-state index in [4.69, 9.17) is 9.05 Å². The number of phosphoric ester groups is 1. The van der Waals surface area contributed by atoms with E-state index in [-0.39, 0.29) is 12.8 Å². The van der Waals surface area contributed by atoms with Crippen molar-refractivity contribution in [2.75, 3.05) is 6.61 Å². The van der Waals surface area contributed by atoms with Crippen LogP contribution in [-0.2, 0) is 18.4 Å². The van der Waals surface area contributed by atoms with E-state index in [1.807, 2.05) is 0 Å². The van der Waals surface area contributed by atoms with Crippen LogP contribution in [0.2, 0.25) is 0 Å². The zero-order valence-corrected chi connectivity index (χ0v) is 45.9. The van der Waals surface area contributed by atoms with E-state index in [0.717, 1.165) is 51.4 Å². The number of aliphatic hydroxyl groups excluding tert-OH is 7. The average molecular weight is 1020 g/mol. The topological polar surface area (TPSA) is 226 Å². The Balaban J connectivity index is 2.36. The zero-order chi connectivity index (χ0) is 51.5. The number of phosphoric acid groups is 1. The maximum atomic E-state index is 13.1. The first-order valence-corrected chi connectivity index (χ1v) is 31.1. The van der Waals surface area contributed by atoms with Gasteiger partial charge in [-0.15, -0.1) is 0 Å². The van der Waals surface area contributed by atoms with Crippen LogP contribution in [0, 0.1) is 0 Å². The van der Waals surface area contributed by atoms with E-state index in [1.54, 1.807) is 0 Å². The molecule has 0 bridgehead atoms. The van der Waals surface area contributed by atoms with E-state index in [2.05, 4.69) is 19.2 Å². The van der Waals surface area contributed by atoms with Gasteiger partial charge in [0.1, 0.15) is 36.6 Å². The number of hydrogen-bond donors (Lipinski definition) is 9. The molecule has 70 heavy (non-hydrogen) atoms. The maximum Gasteiger partial charge on any atom is 0.472 e. The Morgan fingerprint density at radius 2 is 0.714 bits per heavy atom. The van der Waals surface area contributed by atoms with E-state index in [1.165, 1.54) is 199 Å². The molecule has 1 aliphatic carbocycles. The lowest BCUT2D eigenvalue weighted by Gasteiger charge is -2.41. The largest absolute Gasteiger partial charge is 0.472 e. The number of rotatable bonds is 51. The number of unbranched alkanes of at least 4 members (excludes halogenated alkanes) is 38. The Hall–Kier alpha value is -0.700. The molecule has 0 aromatic rings. The van der Waals surface area contributed by atoms with Gasteiger partial charge in [0, 0.05) is 0 Å². The molecular formula is C56H112NO12P. The highest BCUT2D eigenvalue weighted by Crippen LogP contribution is 2.47. The Morgan fingerprint density at radius 1 is 0.443 bits per heavy atom. The van der Waals surface area contributed by atoms with Crippen LogP contribution in [0.15, 0.2) is 0 Å². The number of carbonyl (C=O) groups excluding carboxylic acids is 1. The molecule has 0 aromatic carbocycles. The predicted molar refractivity (Wildman–Crippen MR) is 285 cm³/mol. The summed E-state index contributed by atoms with van der Waals surface area (Å²) in [5, 5.41) is 75.1. The summed E-state index contributed by atoms with van der Waals surface area (Å²) in [6.07, 6.45) is 37.1. The molecule has 8 unspecified atom stereocenters. The van der Waals surface area contributed by atoms with Crippen molar-refractivity contribution in [3.63, 3.8) is 0 Å². The Kier molecular flexibility index (Phi) is 43.9. The number of aliphatic hydroxyl groups is 7. The molecule has 14 heteroatoms. The fraction of sp³-hybridized carbons (Fsp3) is 0.982. The first-order chi connectivity index (χ1) is 33.8. The highest BCUT2D eigenvalue weighted by atomic mass is 31.2. The van der Waals surface area contributed by atoms with Gasteiger partial charge in [0.2, 0.25) is 5.91 Å². The molecule has 0 radical (unpaired) electrons. The van der Waals surface area contributed by atoms with Crippen molar-refractivity contribution >= 4 is 13.7 Å². The molecule has 0 spiro atoms. The molecule has 0 aromatic heterocycles. The molecule has 1 amide bonds. The van der Waals surface area contributed by atoms with Crippen LogP contribution in [0.5, 0.6) is 0 Å². The first-order valence-electron chi connectivity index (χ1n) is 29.6. The van der Waals surface area contributed by atoms with E-state index >= 15 is 0 Å². The molecule has 0 heterocycles. The fourth-order valence-electron chi connectivity index (χ4n) is 9.96. The van der Waals surface area contributed by atoms with Gasteiger partial charge >= 0.3 is 7.82 Å². The molecule has 1 rings (SSSR count). The Labute approximate surface area is 428 Å². The summed E-state index contributed by atoms with van der Waals surface area (Å²) >= 11 is 0. The third-order valence-electron chi connectivity index (χ3n) is 14.7. The summed E-state index contributed by atoms with van der Waals surface area (Å²) in [4.78, 5) is 23.6. The third kappa shape index (κ3) is 36.3. The van der Waals surface area contributed by atoms with Crippen LogP contribution in [-0.4, -0.2) is 108 Å². The van der Waals surface area contributed by atoms with E-state index in [9.17, 15) is 50.0 Å². The molecule has 1 fully saturated rings. The Morgan fingerprint density at radius 3 is 1.03 bits per heavy atom. The highest BCUT2D eigenvalue weighted by Gasteiger charge is 2.51. The molecule has 0 aliphatic heterocycles. The van der Waals surface area contributed by atoms with Crippen LogP contribution in [0.25, 0.3) is 0 Å². The zero-order valence-electron chi connectivity index (χ0n) is 45.0. The van der Waals surface area contributed by atoms with Crippen LogP contribution < -0.4 is 5.32 Å². The molecule has 13 nitrogen and oxygen atoms in total. The van der Waals surface area contributed by atoms with Crippen molar-refractivity contribution in [3.8, 4) is 0 Å². The standard InChI is InChI=1S/C56H112NO12P/c1-3-5-7-9-11-13-15-17-19-21-23-24-26-27-29-31-33-35-37-39-41-43-47(58)45-50(60)57-48(46-68-70(66,67)69-56-54(64)52(62)51(61)53(63)55(56)65)49(59)44-42-40-38-36-34-32-30-28-25-22-20-18-16-14-12-10-8-6-4-2/h47-49,51-56,58-59,61-65H,3-46H2,1-2H3,(H,57,60)(H,66,67). The number of nitrogens with one attached hydrogen (secondary N) is 1. The molecular weight excluding hydrogens is 910 g/mol. The fourth-order valence-corrected chi connectivity index (χ4v) is 10.9. The van der Waals surface area contributed by atoms with E-state index < -0.39 is 75.2 Å². The van der Waals surface area contributed by atoms with Crippen LogP contribution in [0.1, 0.15) is 290 Å². The van der Waals surface area contributed by atoms with Gasteiger partial charge in [-0.1, -0.05) is 271 Å². The van der Waals surface area contributed by atoms with Gasteiger partial charge in [0.05, 0.1) is 31.3 Å². The van der Waals surface area contributed by atoms with Crippen molar-refractivity contribution in [2.24, 2.45) is 0 Å². The van der Waals surface area contributed by atoms with Crippen LogP contribution in [0.3, 0.4) is 0 Å². The summed E-state index contributed by atoms with van der Waals surface area (Å²) in [7, 11) is -5.12. The first kappa shape index (κ1) is 67.3. The SMILES string of the molecule is CCCCCCCCCCCCCCCCCCCCCCCC(O)CC(=O)NC(COP(=O)(O)OC1C(O)C(O)C(O)C(O)C1O)C(O)CCCCCCCCCCCCCCCCCCCCC. The van der Waals surface area contributed by atoms with E-state index in [0.29, 0.717) is 12.8 Å². The molecule has 1 saturated carbocycles. The monoisotopic (exact) mass is 1020 g/mol. The van der Waals surface area contributed by atoms with Gasteiger partial charge in [0.15, 0.2) is 0 Å². The van der Waals surface area contributed by atoms with Crippen molar-refractivity contribution in [1.29, 1.82) is 0 Å². The van der Waals surface area contributed by atoms with Crippen molar-refractivity contribution in [1.82, 2.24) is 5.32 Å². The molecule has 0 saturated heterocycles. The summed E-state index contributed by atoms with van der Waals surface area (Å²) in [6.45, 7) is 3.85. The van der Waals surface area contributed by atoms with Crippen molar-refractivity contribution in [2.45, 2.75) is 345 Å². The molecule has 9 N–H and O–H groups in total. The van der Waals surface area contributed by atoms with Crippen LogP contribution >= 0.6 is 7.82 Å². The minimum Gasteiger partial charge on any atom is -0.393 e. The predicted octanol–water partition coefficient (Wildman–Crippen LogP) is 12.3. The summed E-state index contributed by atoms with van der Waals surface area (Å²) in [6, 6.07) is -1.15. The Bertz CT molecular complexity index is 1200. The summed E-state index contributed by atoms with van der Waals surface area (Å²) < 4.78 is 23.1. The average Bonchev–Trinajstić information content (AvgIpc) is 3.34. The lowest BCUT2D eigenvalue weighted by Crippen LogP contribution is -2.64. The smallest absolute Gasteiger partial charge is 0.393 e. The highest BCUT2D eigenvalue weighted by molar-refractivity contribution is 7.47. The second-order valence-corrected chi connectivity index (χ2v) is 22.8. The second-order valence-electron chi connectivity index (χ2n) is 21.4. The van der Waals surface area contributed by atoms with Gasteiger partial charge < -0.3 is 46.0 Å². The lowest BCUT2D eigenvalue weighted by atomic mass is 9.85. The summed E-state index contributed by atoms with van der Waals surface area (Å²) in [5.41, 5.74) is 0. The van der Waals surface area contributed by atoms with Gasteiger partial charge in [-0.25, -0.2) is 4.57 Å². The van der Waals surface area contributed by atoms with Crippen molar-refractivity contribution < 1.29 is 59.0 Å². The van der Waals surface area contributed by atoms with Gasteiger partial charge in [-0.05, 0) is 12.8 Å². The van der Waals surface area contributed by atoms with Gasteiger partial charge in [-0.3, -0.25) is 13.8 Å². The van der Waals surface area contributed by atoms with Gasteiger partial charge in [0.25, 0.3) is 0 Å². The third-order valence-corrected chi connectivity index (χ3v) is 15.7. The maximum absolute atomic E-state index is 13.1. The normalized spacial score (nSPS) is 21.7. The van der Waals surface area contributed by atoms with Crippen LogP contribution in [0.4, 0.5) is 0 Å². The quantitative estimate of drug-likeness (QED) is 0.0205. The minimum atomic E-state index is -5.12. The lowest BCUT2D eigenvalue weighted by molar-refractivity contribution is -0.220. The number of amides is 1. The second kappa shape index (κ2) is 45.7.